The van der Waals surface area contributed by atoms with E-state index in [9.17, 15) is 0 Å². The van der Waals surface area contributed by atoms with Crippen LogP contribution >= 0.6 is 0 Å². The van der Waals surface area contributed by atoms with Gasteiger partial charge in [-0.05, 0) is 34.5 Å². The van der Waals surface area contributed by atoms with Gasteiger partial charge >= 0.3 is 0 Å². The maximum absolute atomic E-state index is 8.33. The minimum Gasteiger partial charge on any atom is -0.200 e. The summed E-state index contributed by atoms with van der Waals surface area (Å²) < 4.78 is 1.54. The van der Waals surface area contributed by atoms with E-state index in [4.69, 9.17) is 5.53 Å². The van der Waals surface area contributed by atoms with Crippen molar-refractivity contribution in [1.29, 1.82) is 0 Å². The lowest BCUT2D eigenvalue weighted by molar-refractivity contribution is 0.779. The molecule has 0 amide bonds. The summed E-state index contributed by atoms with van der Waals surface area (Å²) in [6.07, 6.45) is 1.50. The molecule has 0 aliphatic carbocycles. The number of aryl methyl sites for hydroxylation is 1. The highest BCUT2D eigenvalue weighted by molar-refractivity contribution is 5.42. The van der Waals surface area contributed by atoms with Crippen molar-refractivity contribution < 1.29 is 0 Å². The van der Waals surface area contributed by atoms with Crippen LogP contribution in [0.25, 0.3) is 16.1 Å². The predicted octanol–water partition coefficient (Wildman–Crippen LogP) is 1.78. The zero-order valence-electron chi connectivity index (χ0n) is 8.65. The van der Waals surface area contributed by atoms with Crippen LogP contribution in [0.4, 0.5) is 0 Å². The van der Waals surface area contributed by atoms with Crippen LogP contribution in [0.3, 0.4) is 0 Å². The van der Waals surface area contributed by atoms with Gasteiger partial charge in [-0.1, -0.05) is 22.8 Å². The van der Waals surface area contributed by atoms with Crippen molar-refractivity contribution in [2.45, 2.75) is 13.5 Å². The second-order valence-electron chi connectivity index (χ2n) is 3.28. The van der Waals surface area contributed by atoms with Crippen LogP contribution in [-0.2, 0) is 6.54 Å². The average molecular weight is 215 g/mol. The SMILES string of the molecule is Cc1ccc(-n2cnnn2)c(CN=[N+]=[N-])c1. The summed E-state index contributed by atoms with van der Waals surface area (Å²) in [5, 5.41) is 14.5. The highest BCUT2D eigenvalue weighted by Crippen LogP contribution is 2.16. The third-order valence-electron chi connectivity index (χ3n) is 2.14. The van der Waals surface area contributed by atoms with Crippen LogP contribution < -0.4 is 0 Å². The number of rotatable bonds is 3. The molecule has 2 rings (SSSR count). The Morgan fingerprint density at radius 1 is 1.50 bits per heavy atom. The molecule has 7 nitrogen and oxygen atoms in total. The van der Waals surface area contributed by atoms with Gasteiger partial charge in [0, 0.05) is 4.91 Å². The van der Waals surface area contributed by atoms with E-state index in [1.54, 1.807) is 4.68 Å². The van der Waals surface area contributed by atoms with Gasteiger partial charge < -0.3 is 0 Å². The Labute approximate surface area is 91.3 Å². The Morgan fingerprint density at radius 3 is 3.06 bits per heavy atom. The van der Waals surface area contributed by atoms with E-state index in [0.717, 1.165) is 16.8 Å². The normalized spacial score (nSPS) is 9.81. The Balaban J connectivity index is 2.47. The quantitative estimate of drug-likeness (QED) is 0.443. The van der Waals surface area contributed by atoms with E-state index in [1.807, 2.05) is 25.1 Å². The number of azide groups is 1. The van der Waals surface area contributed by atoms with Crippen molar-refractivity contribution in [2.75, 3.05) is 0 Å². The molecule has 80 valence electrons. The minimum atomic E-state index is 0.285. The molecule has 1 aromatic heterocycles. The molecule has 7 heteroatoms. The lowest BCUT2D eigenvalue weighted by Gasteiger charge is -2.06. The maximum Gasteiger partial charge on any atom is 0.143 e. The van der Waals surface area contributed by atoms with Crippen molar-refractivity contribution in [1.82, 2.24) is 20.2 Å². The van der Waals surface area contributed by atoms with Gasteiger partial charge in [-0.25, -0.2) is 4.68 Å². The first-order valence-electron chi connectivity index (χ1n) is 4.65. The van der Waals surface area contributed by atoms with Crippen LogP contribution in [-0.4, -0.2) is 20.2 Å². The zero-order chi connectivity index (χ0) is 11.4. The van der Waals surface area contributed by atoms with Crippen molar-refractivity contribution in [3.63, 3.8) is 0 Å². The van der Waals surface area contributed by atoms with Crippen molar-refractivity contribution in [3.05, 3.63) is 46.1 Å². The fraction of sp³-hybridized carbons (Fsp3) is 0.222. The third kappa shape index (κ3) is 1.99. The molecule has 0 atom stereocenters. The molecule has 1 heterocycles. The second-order valence-corrected chi connectivity index (χ2v) is 3.28. The number of nitrogens with zero attached hydrogens (tertiary/aromatic N) is 7. The molecule has 0 N–H and O–H groups in total. The predicted molar refractivity (Wildman–Crippen MR) is 56.7 cm³/mol. The van der Waals surface area contributed by atoms with Gasteiger partial charge in [0.15, 0.2) is 0 Å². The fourth-order valence-corrected chi connectivity index (χ4v) is 1.44. The molecule has 2 aromatic rings. The van der Waals surface area contributed by atoms with Crippen molar-refractivity contribution >= 4 is 0 Å². The summed E-state index contributed by atoms with van der Waals surface area (Å²) in [6.45, 7) is 2.26. The first kappa shape index (κ1) is 10.1. The van der Waals surface area contributed by atoms with Crippen LogP contribution in [0.15, 0.2) is 29.6 Å². The lowest BCUT2D eigenvalue weighted by Crippen LogP contribution is -2.00. The number of hydrogen-bond acceptors (Lipinski definition) is 4. The van der Waals surface area contributed by atoms with Gasteiger partial charge in [-0.3, -0.25) is 0 Å². The molecule has 0 saturated heterocycles. The Morgan fingerprint density at radius 2 is 2.38 bits per heavy atom. The standard InChI is InChI=1S/C9H9N7/c1-7-2-3-9(16-6-12-14-15-16)8(4-7)5-11-13-10/h2-4,6H,5H2,1H3. The first-order valence-corrected chi connectivity index (χ1v) is 4.65. The lowest BCUT2D eigenvalue weighted by atomic mass is 10.1. The highest BCUT2D eigenvalue weighted by atomic mass is 15.5. The van der Waals surface area contributed by atoms with Gasteiger partial charge in [0.1, 0.15) is 6.33 Å². The molecule has 0 radical (unpaired) electrons. The van der Waals surface area contributed by atoms with Crippen molar-refractivity contribution in [3.8, 4) is 5.69 Å². The van der Waals surface area contributed by atoms with E-state index in [-0.39, 0.29) is 6.54 Å². The number of aromatic nitrogens is 4. The number of benzene rings is 1. The highest BCUT2D eigenvalue weighted by Gasteiger charge is 2.05. The molecule has 0 saturated carbocycles. The summed E-state index contributed by atoms with van der Waals surface area (Å²) in [6, 6.07) is 5.80. The van der Waals surface area contributed by atoms with E-state index < -0.39 is 0 Å². The van der Waals surface area contributed by atoms with Crippen LogP contribution in [0.5, 0.6) is 0 Å². The summed E-state index contributed by atoms with van der Waals surface area (Å²) in [4.78, 5) is 2.75. The summed E-state index contributed by atoms with van der Waals surface area (Å²) >= 11 is 0. The fourth-order valence-electron chi connectivity index (χ4n) is 1.44. The van der Waals surface area contributed by atoms with E-state index >= 15 is 0 Å². The second kappa shape index (κ2) is 4.41. The maximum atomic E-state index is 8.33. The smallest absolute Gasteiger partial charge is 0.143 e. The van der Waals surface area contributed by atoms with E-state index in [2.05, 4.69) is 25.6 Å². The van der Waals surface area contributed by atoms with E-state index in [1.165, 1.54) is 6.33 Å². The van der Waals surface area contributed by atoms with Gasteiger partial charge in [0.05, 0.1) is 12.2 Å². The largest absolute Gasteiger partial charge is 0.200 e. The van der Waals surface area contributed by atoms with Gasteiger partial charge in [0.25, 0.3) is 0 Å². The van der Waals surface area contributed by atoms with Crippen LogP contribution in [0.1, 0.15) is 11.1 Å². The first-order chi connectivity index (χ1) is 7.81. The van der Waals surface area contributed by atoms with E-state index in [0.29, 0.717) is 0 Å². The molecule has 0 fully saturated rings. The van der Waals surface area contributed by atoms with Crippen LogP contribution in [0, 0.1) is 6.92 Å². The third-order valence-corrected chi connectivity index (χ3v) is 2.14. The Kier molecular flexibility index (Phi) is 2.79. The molecule has 0 bridgehead atoms. The molecule has 0 spiro atoms. The molecular formula is C9H9N7. The molecule has 0 unspecified atom stereocenters. The topological polar surface area (TPSA) is 92.4 Å². The Bertz CT molecular complexity index is 525. The molecule has 1 aromatic carbocycles. The van der Waals surface area contributed by atoms with Gasteiger partial charge in [-0.2, -0.15) is 0 Å². The van der Waals surface area contributed by atoms with Gasteiger partial charge in [-0.15, -0.1) is 5.10 Å². The van der Waals surface area contributed by atoms with Gasteiger partial charge in [0.2, 0.25) is 0 Å². The number of tetrazole rings is 1. The summed E-state index contributed by atoms with van der Waals surface area (Å²) in [5.41, 5.74) is 11.1. The molecule has 0 aliphatic rings. The monoisotopic (exact) mass is 215 g/mol. The molecular weight excluding hydrogens is 206 g/mol. The molecule has 0 aliphatic heterocycles. The Hall–Kier alpha value is -2.40. The molecule has 16 heavy (non-hydrogen) atoms. The number of hydrogen-bond donors (Lipinski definition) is 0. The zero-order valence-corrected chi connectivity index (χ0v) is 8.65. The summed E-state index contributed by atoms with van der Waals surface area (Å²) in [7, 11) is 0. The summed E-state index contributed by atoms with van der Waals surface area (Å²) in [5.74, 6) is 0. The average Bonchev–Trinajstić information content (AvgIpc) is 2.80. The minimum absolute atomic E-state index is 0.285. The van der Waals surface area contributed by atoms with Crippen molar-refractivity contribution in [2.24, 2.45) is 5.11 Å². The van der Waals surface area contributed by atoms with Crippen LogP contribution in [0.2, 0.25) is 0 Å².